The molecule has 2 aromatic carbocycles. The number of methoxy groups -OCH3 is 1. The summed E-state index contributed by atoms with van der Waals surface area (Å²) >= 11 is 4.60. The molecule has 1 aliphatic heterocycles. The van der Waals surface area contributed by atoms with E-state index in [4.69, 9.17) is 9.47 Å². The van der Waals surface area contributed by atoms with Crippen molar-refractivity contribution in [2.75, 3.05) is 7.11 Å². The molecule has 27 heavy (non-hydrogen) atoms. The number of thioether (sulfide) groups is 1. The van der Waals surface area contributed by atoms with Gasteiger partial charge in [-0.2, -0.15) is 0 Å². The highest BCUT2D eigenvalue weighted by atomic mass is 79.9. The Morgan fingerprint density at radius 1 is 1.22 bits per heavy atom. The van der Waals surface area contributed by atoms with E-state index in [1.54, 1.807) is 55.7 Å². The van der Waals surface area contributed by atoms with E-state index in [9.17, 15) is 9.59 Å². The number of rotatable bonds is 4. The number of hydrogen-bond donors (Lipinski definition) is 1. The Morgan fingerprint density at radius 3 is 2.63 bits per heavy atom. The van der Waals surface area contributed by atoms with Gasteiger partial charge in [0, 0.05) is 17.0 Å². The lowest BCUT2D eigenvalue weighted by molar-refractivity contribution is -0.131. The molecule has 0 unspecified atom stereocenters. The van der Waals surface area contributed by atoms with Gasteiger partial charge in [-0.25, -0.2) is 4.99 Å². The summed E-state index contributed by atoms with van der Waals surface area (Å²) < 4.78 is 11.1. The van der Waals surface area contributed by atoms with Crippen LogP contribution in [-0.2, 0) is 9.59 Å². The van der Waals surface area contributed by atoms with Gasteiger partial charge in [-0.15, -0.1) is 0 Å². The summed E-state index contributed by atoms with van der Waals surface area (Å²) in [7, 11) is 1.59. The predicted molar refractivity (Wildman–Crippen MR) is 109 cm³/mol. The molecular formula is C19H15BrN2O4S. The van der Waals surface area contributed by atoms with Gasteiger partial charge < -0.3 is 14.8 Å². The molecule has 0 spiro atoms. The summed E-state index contributed by atoms with van der Waals surface area (Å²) in [6, 6.07) is 12.4. The minimum atomic E-state index is -0.428. The standard InChI is InChI=1S/C19H15BrN2O4S/c1-11(23)26-16-8-3-13(20)9-12(16)10-17-18(24)22-19(27-17)21-14-4-6-15(25-2)7-5-14/h3-10H,1-2H3,(H,21,22,24)/b17-10-. The van der Waals surface area contributed by atoms with Crippen molar-refractivity contribution in [3.05, 3.63) is 57.4 Å². The lowest BCUT2D eigenvalue weighted by atomic mass is 10.2. The number of benzene rings is 2. The molecule has 1 amide bonds. The highest BCUT2D eigenvalue weighted by Gasteiger charge is 2.24. The number of nitrogens with one attached hydrogen (secondary N) is 1. The fourth-order valence-corrected chi connectivity index (χ4v) is 3.49. The smallest absolute Gasteiger partial charge is 0.308 e. The number of carbonyl (C=O) groups excluding carboxylic acids is 2. The second kappa shape index (κ2) is 8.41. The zero-order chi connectivity index (χ0) is 19.4. The summed E-state index contributed by atoms with van der Waals surface area (Å²) in [5.74, 6) is 0.422. The summed E-state index contributed by atoms with van der Waals surface area (Å²) in [4.78, 5) is 28.4. The van der Waals surface area contributed by atoms with Crippen molar-refractivity contribution in [2.45, 2.75) is 6.92 Å². The van der Waals surface area contributed by atoms with E-state index < -0.39 is 5.97 Å². The molecule has 2 aromatic rings. The zero-order valence-corrected chi connectivity index (χ0v) is 16.9. The van der Waals surface area contributed by atoms with Crippen LogP contribution in [0, 0.1) is 0 Å². The molecule has 0 atom stereocenters. The second-order valence-corrected chi connectivity index (χ2v) is 7.40. The molecular weight excluding hydrogens is 432 g/mol. The van der Waals surface area contributed by atoms with Gasteiger partial charge in [-0.1, -0.05) is 15.9 Å². The van der Waals surface area contributed by atoms with Crippen LogP contribution in [0.3, 0.4) is 0 Å². The van der Waals surface area contributed by atoms with Crippen molar-refractivity contribution in [1.82, 2.24) is 5.32 Å². The normalized spacial score (nSPS) is 16.5. The Balaban J connectivity index is 1.86. The number of amides is 1. The predicted octanol–water partition coefficient (Wildman–Crippen LogP) is 4.27. The third kappa shape index (κ3) is 4.99. The molecule has 1 heterocycles. The molecule has 1 fully saturated rings. The molecule has 0 bridgehead atoms. The van der Waals surface area contributed by atoms with Gasteiger partial charge in [0.05, 0.1) is 17.7 Å². The van der Waals surface area contributed by atoms with Crippen LogP contribution >= 0.6 is 27.7 Å². The van der Waals surface area contributed by atoms with E-state index in [0.717, 1.165) is 10.2 Å². The van der Waals surface area contributed by atoms with E-state index in [1.807, 2.05) is 0 Å². The highest BCUT2D eigenvalue weighted by molar-refractivity contribution is 9.10. The molecule has 8 heteroatoms. The number of hydrogen-bond acceptors (Lipinski definition) is 6. The first kappa shape index (κ1) is 19.2. The van der Waals surface area contributed by atoms with Crippen LogP contribution in [-0.4, -0.2) is 24.2 Å². The van der Waals surface area contributed by atoms with Crippen LogP contribution in [0.1, 0.15) is 12.5 Å². The van der Waals surface area contributed by atoms with Crippen molar-refractivity contribution < 1.29 is 19.1 Å². The summed E-state index contributed by atoms with van der Waals surface area (Å²) in [6.07, 6.45) is 1.67. The Morgan fingerprint density at radius 2 is 1.96 bits per heavy atom. The van der Waals surface area contributed by atoms with E-state index >= 15 is 0 Å². The number of nitrogens with zero attached hydrogens (tertiary/aromatic N) is 1. The first-order valence-corrected chi connectivity index (χ1v) is 9.47. The maximum Gasteiger partial charge on any atom is 0.308 e. The third-order valence-electron chi connectivity index (χ3n) is 3.47. The van der Waals surface area contributed by atoms with Crippen LogP contribution in [0.5, 0.6) is 11.5 Å². The van der Waals surface area contributed by atoms with E-state index in [0.29, 0.717) is 27.1 Å². The molecule has 0 aliphatic carbocycles. The largest absolute Gasteiger partial charge is 0.497 e. The second-order valence-electron chi connectivity index (χ2n) is 5.46. The Hall–Kier alpha value is -2.58. The van der Waals surface area contributed by atoms with Gasteiger partial charge >= 0.3 is 5.97 Å². The van der Waals surface area contributed by atoms with Gasteiger partial charge in [-0.3, -0.25) is 9.59 Å². The number of aliphatic imine (C=N–C) groups is 1. The molecule has 1 N–H and O–H groups in total. The maximum atomic E-state index is 12.3. The highest BCUT2D eigenvalue weighted by Crippen LogP contribution is 2.32. The van der Waals surface area contributed by atoms with Crippen molar-refractivity contribution in [1.29, 1.82) is 0 Å². The molecule has 6 nitrogen and oxygen atoms in total. The first-order valence-electron chi connectivity index (χ1n) is 7.86. The minimum Gasteiger partial charge on any atom is -0.497 e. The van der Waals surface area contributed by atoms with Gasteiger partial charge in [0.2, 0.25) is 0 Å². The quantitative estimate of drug-likeness (QED) is 0.430. The molecule has 138 valence electrons. The summed E-state index contributed by atoms with van der Waals surface area (Å²) in [5, 5.41) is 3.20. The van der Waals surface area contributed by atoms with Crippen molar-refractivity contribution in [3.8, 4) is 11.5 Å². The Labute approximate surface area is 168 Å². The van der Waals surface area contributed by atoms with E-state index in [-0.39, 0.29) is 5.91 Å². The average Bonchev–Trinajstić information content (AvgIpc) is 2.97. The maximum absolute atomic E-state index is 12.3. The summed E-state index contributed by atoms with van der Waals surface area (Å²) in [6.45, 7) is 1.33. The van der Waals surface area contributed by atoms with Gasteiger partial charge in [-0.05, 0) is 60.3 Å². The number of carbonyl (C=O) groups is 2. The Kier molecular flexibility index (Phi) is 5.98. The molecule has 0 saturated carbocycles. The van der Waals surface area contributed by atoms with E-state index in [2.05, 4.69) is 26.2 Å². The molecule has 1 saturated heterocycles. The fourth-order valence-electron chi connectivity index (χ4n) is 2.28. The zero-order valence-electron chi connectivity index (χ0n) is 14.5. The summed E-state index contributed by atoms with van der Waals surface area (Å²) in [5.41, 5.74) is 1.31. The number of esters is 1. The van der Waals surface area contributed by atoms with Crippen LogP contribution < -0.4 is 14.8 Å². The average molecular weight is 447 g/mol. The topological polar surface area (TPSA) is 77.0 Å². The van der Waals surface area contributed by atoms with E-state index in [1.165, 1.54) is 18.7 Å². The molecule has 0 radical (unpaired) electrons. The molecule has 3 rings (SSSR count). The number of halogens is 1. The van der Waals surface area contributed by atoms with Crippen LogP contribution in [0.2, 0.25) is 0 Å². The first-order chi connectivity index (χ1) is 12.9. The SMILES string of the molecule is COc1ccc(N=C2NC(=O)/C(=C/c3cc(Br)ccc3OC(C)=O)S2)cc1. The fraction of sp³-hybridized carbons (Fsp3) is 0.105. The minimum absolute atomic E-state index is 0.263. The lowest BCUT2D eigenvalue weighted by Gasteiger charge is -2.06. The number of ether oxygens (including phenoxy) is 2. The van der Waals surface area contributed by atoms with Crippen LogP contribution in [0.25, 0.3) is 6.08 Å². The van der Waals surface area contributed by atoms with Gasteiger partial charge in [0.25, 0.3) is 5.91 Å². The molecule has 1 aliphatic rings. The molecule has 0 aromatic heterocycles. The van der Waals surface area contributed by atoms with Crippen molar-refractivity contribution >= 4 is 56.5 Å². The van der Waals surface area contributed by atoms with Crippen LogP contribution in [0.15, 0.2) is 56.8 Å². The monoisotopic (exact) mass is 446 g/mol. The number of amidine groups is 1. The van der Waals surface area contributed by atoms with Crippen molar-refractivity contribution in [2.24, 2.45) is 4.99 Å². The van der Waals surface area contributed by atoms with Gasteiger partial charge in [0.1, 0.15) is 11.5 Å². The van der Waals surface area contributed by atoms with Gasteiger partial charge in [0.15, 0.2) is 5.17 Å². The van der Waals surface area contributed by atoms with Crippen molar-refractivity contribution in [3.63, 3.8) is 0 Å². The third-order valence-corrected chi connectivity index (χ3v) is 4.87. The Bertz CT molecular complexity index is 955. The lowest BCUT2D eigenvalue weighted by Crippen LogP contribution is -2.19. The van der Waals surface area contributed by atoms with Crippen LogP contribution in [0.4, 0.5) is 5.69 Å².